The van der Waals surface area contributed by atoms with Crippen molar-refractivity contribution in [3.05, 3.63) is 0 Å². The molecule has 2 aliphatic rings. The zero-order chi connectivity index (χ0) is 12.3. The maximum Gasteiger partial charge on any atom is 0.0971 e. The molecular formula is C14H27N3. The van der Waals surface area contributed by atoms with Gasteiger partial charge in [-0.05, 0) is 39.7 Å². The Balaban J connectivity index is 1.89. The van der Waals surface area contributed by atoms with Gasteiger partial charge in [-0.1, -0.05) is 19.3 Å². The number of piperidine rings is 1. The number of nitrogens with zero attached hydrogens (tertiary/aromatic N) is 2. The highest BCUT2D eigenvalue weighted by Crippen LogP contribution is 2.25. The second kappa shape index (κ2) is 5.85. The van der Waals surface area contributed by atoms with Crippen LogP contribution in [0.15, 0.2) is 4.99 Å². The van der Waals surface area contributed by atoms with Crippen molar-refractivity contribution in [2.45, 2.75) is 64.0 Å². The van der Waals surface area contributed by atoms with Crippen molar-refractivity contribution in [2.75, 3.05) is 13.6 Å². The van der Waals surface area contributed by atoms with E-state index in [0.717, 1.165) is 12.4 Å². The molecular weight excluding hydrogens is 210 g/mol. The molecule has 1 saturated heterocycles. The van der Waals surface area contributed by atoms with Crippen LogP contribution in [0.3, 0.4) is 0 Å². The Labute approximate surface area is 105 Å². The van der Waals surface area contributed by atoms with E-state index < -0.39 is 0 Å². The molecule has 1 saturated carbocycles. The zero-order valence-corrected chi connectivity index (χ0v) is 11.4. The van der Waals surface area contributed by atoms with E-state index in [-0.39, 0.29) is 0 Å². The van der Waals surface area contributed by atoms with Crippen LogP contribution in [0.4, 0.5) is 0 Å². The summed E-state index contributed by atoms with van der Waals surface area (Å²) in [4.78, 5) is 7.23. The molecule has 0 radical (unpaired) electrons. The lowest BCUT2D eigenvalue weighted by atomic mass is 9.88. The Bertz CT molecular complexity index is 269. The van der Waals surface area contributed by atoms with Crippen molar-refractivity contribution in [3.63, 3.8) is 0 Å². The first-order valence-electron chi connectivity index (χ1n) is 7.20. The van der Waals surface area contributed by atoms with Gasteiger partial charge in [-0.3, -0.25) is 4.99 Å². The summed E-state index contributed by atoms with van der Waals surface area (Å²) in [5, 5.41) is 0. The summed E-state index contributed by atoms with van der Waals surface area (Å²) in [7, 11) is 2.20. The quantitative estimate of drug-likeness (QED) is 0.592. The molecule has 2 N–H and O–H groups in total. The molecule has 2 atom stereocenters. The Kier molecular flexibility index (Phi) is 4.43. The Hall–Kier alpha value is -0.570. The molecule has 0 aromatic rings. The monoisotopic (exact) mass is 237 g/mol. The smallest absolute Gasteiger partial charge is 0.0971 e. The summed E-state index contributed by atoms with van der Waals surface area (Å²) in [5.74, 6) is 1.53. The van der Waals surface area contributed by atoms with Gasteiger partial charge in [0.25, 0.3) is 0 Å². The van der Waals surface area contributed by atoms with Gasteiger partial charge >= 0.3 is 0 Å². The molecule has 1 heterocycles. The third-order valence-electron chi connectivity index (χ3n) is 4.54. The highest BCUT2D eigenvalue weighted by atomic mass is 15.1. The van der Waals surface area contributed by atoms with Gasteiger partial charge in [0.05, 0.1) is 11.9 Å². The van der Waals surface area contributed by atoms with E-state index in [0.29, 0.717) is 18.0 Å². The fourth-order valence-corrected chi connectivity index (χ4v) is 3.10. The maximum absolute atomic E-state index is 6.20. The first-order chi connectivity index (χ1) is 8.16. The van der Waals surface area contributed by atoms with Gasteiger partial charge in [-0.2, -0.15) is 0 Å². The molecule has 0 amide bonds. The third-order valence-corrected chi connectivity index (χ3v) is 4.54. The summed E-state index contributed by atoms with van der Waals surface area (Å²) in [5.41, 5.74) is 6.20. The fraction of sp³-hybridized carbons (Fsp3) is 0.929. The third kappa shape index (κ3) is 3.44. The molecule has 0 aromatic carbocycles. The summed E-state index contributed by atoms with van der Waals surface area (Å²) < 4.78 is 0. The van der Waals surface area contributed by atoms with E-state index >= 15 is 0 Å². The molecule has 98 valence electrons. The summed E-state index contributed by atoms with van der Waals surface area (Å²) in [6.45, 7) is 3.45. The molecule has 0 spiro atoms. The molecule has 2 unspecified atom stereocenters. The molecule has 2 fully saturated rings. The molecule has 3 nitrogen and oxygen atoms in total. The summed E-state index contributed by atoms with van der Waals surface area (Å²) in [6.07, 6.45) is 8.93. The topological polar surface area (TPSA) is 41.6 Å². The van der Waals surface area contributed by atoms with Crippen LogP contribution < -0.4 is 5.73 Å². The van der Waals surface area contributed by atoms with Crippen LogP contribution in [0.5, 0.6) is 0 Å². The average molecular weight is 237 g/mol. The van der Waals surface area contributed by atoms with Crippen LogP contribution in [0.1, 0.15) is 51.9 Å². The van der Waals surface area contributed by atoms with Crippen LogP contribution in [0.25, 0.3) is 0 Å². The first kappa shape index (κ1) is 12.9. The Morgan fingerprint density at radius 1 is 1.18 bits per heavy atom. The zero-order valence-electron chi connectivity index (χ0n) is 11.4. The number of rotatable bonds is 2. The van der Waals surface area contributed by atoms with Crippen LogP contribution in [0, 0.1) is 5.92 Å². The van der Waals surface area contributed by atoms with Crippen LogP contribution in [-0.4, -0.2) is 36.4 Å². The number of hydrogen-bond acceptors (Lipinski definition) is 2. The number of nitrogens with two attached hydrogens (primary N) is 1. The second-order valence-electron chi connectivity index (χ2n) is 5.90. The molecule has 3 heteroatoms. The highest BCUT2D eigenvalue weighted by molar-refractivity contribution is 5.83. The highest BCUT2D eigenvalue weighted by Gasteiger charge is 2.24. The van der Waals surface area contributed by atoms with Gasteiger partial charge in [-0.25, -0.2) is 0 Å². The molecule has 0 bridgehead atoms. The normalized spacial score (nSPS) is 33.9. The van der Waals surface area contributed by atoms with Gasteiger partial charge in [0, 0.05) is 18.5 Å². The van der Waals surface area contributed by atoms with Crippen molar-refractivity contribution < 1.29 is 0 Å². The maximum atomic E-state index is 6.20. The number of amidine groups is 1. The molecule has 1 aliphatic carbocycles. The standard InChI is InChI=1S/C14H27N3/c1-11-10-13(8-9-17(11)2)16-14(15)12-6-4-3-5-7-12/h11-13H,3-10H2,1-2H3,(H2,15,16). The van der Waals surface area contributed by atoms with E-state index in [4.69, 9.17) is 10.7 Å². The lowest BCUT2D eigenvalue weighted by molar-refractivity contribution is 0.184. The number of aliphatic imine (C=N–C) groups is 1. The van der Waals surface area contributed by atoms with Gasteiger partial charge in [0.15, 0.2) is 0 Å². The SMILES string of the molecule is CC1CC(N=C(N)C2CCCCC2)CCN1C. The fourth-order valence-electron chi connectivity index (χ4n) is 3.10. The van der Waals surface area contributed by atoms with Crippen molar-refractivity contribution in [1.29, 1.82) is 0 Å². The molecule has 0 aromatic heterocycles. The minimum absolute atomic E-state index is 0.475. The van der Waals surface area contributed by atoms with Gasteiger partial charge in [0.2, 0.25) is 0 Å². The van der Waals surface area contributed by atoms with E-state index in [1.807, 2.05) is 0 Å². The van der Waals surface area contributed by atoms with Gasteiger partial charge in [0.1, 0.15) is 0 Å². The number of hydrogen-bond donors (Lipinski definition) is 1. The minimum Gasteiger partial charge on any atom is -0.387 e. The summed E-state index contributed by atoms with van der Waals surface area (Å²) >= 11 is 0. The van der Waals surface area contributed by atoms with Crippen molar-refractivity contribution >= 4 is 5.84 Å². The molecule has 1 aliphatic heterocycles. The Morgan fingerprint density at radius 2 is 1.88 bits per heavy atom. The van der Waals surface area contributed by atoms with Crippen molar-refractivity contribution in [2.24, 2.45) is 16.6 Å². The van der Waals surface area contributed by atoms with E-state index in [1.165, 1.54) is 44.9 Å². The summed E-state index contributed by atoms with van der Waals surface area (Å²) in [6, 6.07) is 1.12. The largest absolute Gasteiger partial charge is 0.387 e. The minimum atomic E-state index is 0.475. The average Bonchev–Trinajstić information content (AvgIpc) is 2.35. The lowest BCUT2D eigenvalue weighted by Crippen LogP contribution is -2.40. The van der Waals surface area contributed by atoms with E-state index in [2.05, 4.69) is 18.9 Å². The van der Waals surface area contributed by atoms with Gasteiger partial charge < -0.3 is 10.6 Å². The Morgan fingerprint density at radius 3 is 2.53 bits per heavy atom. The van der Waals surface area contributed by atoms with Crippen LogP contribution >= 0.6 is 0 Å². The van der Waals surface area contributed by atoms with Crippen LogP contribution in [0.2, 0.25) is 0 Å². The second-order valence-corrected chi connectivity index (χ2v) is 5.90. The first-order valence-corrected chi connectivity index (χ1v) is 7.20. The number of likely N-dealkylation sites (tertiary alicyclic amines) is 1. The van der Waals surface area contributed by atoms with E-state index in [1.54, 1.807) is 0 Å². The molecule has 17 heavy (non-hydrogen) atoms. The van der Waals surface area contributed by atoms with Gasteiger partial charge in [-0.15, -0.1) is 0 Å². The lowest BCUT2D eigenvalue weighted by Gasteiger charge is -2.34. The predicted molar refractivity (Wildman–Crippen MR) is 73.3 cm³/mol. The predicted octanol–water partition coefficient (Wildman–Crippen LogP) is 2.41. The van der Waals surface area contributed by atoms with Crippen molar-refractivity contribution in [3.8, 4) is 0 Å². The van der Waals surface area contributed by atoms with Crippen LogP contribution in [-0.2, 0) is 0 Å². The molecule has 2 rings (SSSR count). The van der Waals surface area contributed by atoms with E-state index in [9.17, 15) is 0 Å². The van der Waals surface area contributed by atoms with Crippen molar-refractivity contribution in [1.82, 2.24) is 4.90 Å².